The van der Waals surface area contributed by atoms with Crippen LogP contribution in [0.2, 0.25) is 0 Å². The summed E-state index contributed by atoms with van der Waals surface area (Å²) in [6, 6.07) is 4.12. The van der Waals surface area contributed by atoms with E-state index in [-0.39, 0.29) is 24.8 Å². The molecule has 6 heteroatoms. The summed E-state index contributed by atoms with van der Waals surface area (Å²) in [4.78, 5) is 22.6. The number of hydrogen-bond acceptors (Lipinski definition) is 6. The second kappa shape index (κ2) is 7.65. The predicted molar refractivity (Wildman–Crippen MR) is 74.1 cm³/mol. The number of carbonyl (C=O) groups excluding carboxylic acids is 2. The first-order valence-electron chi connectivity index (χ1n) is 6.15. The van der Waals surface area contributed by atoms with E-state index >= 15 is 0 Å². The third-order valence-electron chi connectivity index (χ3n) is 3.25. The Hall–Kier alpha value is -1.87. The first kappa shape index (κ1) is 16.2. The third-order valence-corrected chi connectivity index (χ3v) is 3.94. The summed E-state index contributed by atoms with van der Waals surface area (Å²) in [7, 11) is 2.63. The lowest BCUT2D eigenvalue weighted by Gasteiger charge is -2.25. The van der Waals surface area contributed by atoms with Gasteiger partial charge in [0.15, 0.2) is 0 Å². The van der Waals surface area contributed by atoms with Gasteiger partial charge in [0.2, 0.25) is 0 Å². The molecule has 0 bridgehead atoms. The molecule has 0 spiro atoms. The number of rotatable bonds is 7. The van der Waals surface area contributed by atoms with Gasteiger partial charge < -0.3 is 9.47 Å². The lowest BCUT2D eigenvalue weighted by atomic mass is 9.75. The van der Waals surface area contributed by atoms with Crippen LogP contribution in [-0.2, 0) is 24.5 Å². The molecule has 0 aromatic carbocycles. The van der Waals surface area contributed by atoms with Crippen LogP contribution in [0, 0.1) is 11.3 Å². The molecule has 0 aliphatic rings. The minimum absolute atomic E-state index is 0.140. The standard InChI is InChI=1S/C14H17NO4S/c1-18-12(16)3-6-14(10-15,7-4-13(17)19-2)11-5-8-20-9-11/h5,8-9H,3-4,6-7H2,1-2H3. The largest absolute Gasteiger partial charge is 0.469 e. The minimum atomic E-state index is -0.859. The van der Waals surface area contributed by atoms with E-state index in [1.54, 1.807) is 0 Å². The molecule has 0 radical (unpaired) electrons. The van der Waals surface area contributed by atoms with Crippen molar-refractivity contribution in [3.63, 3.8) is 0 Å². The molecule has 0 atom stereocenters. The molecule has 0 N–H and O–H groups in total. The van der Waals surface area contributed by atoms with Gasteiger partial charge >= 0.3 is 11.9 Å². The van der Waals surface area contributed by atoms with Gasteiger partial charge in [-0.3, -0.25) is 9.59 Å². The van der Waals surface area contributed by atoms with Crippen LogP contribution < -0.4 is 0 Å². The zero-order valence-electron chi connectivity index (χ0n) is 11.5. The predicted octanol–water partition coefficient (Wildman–Crippen LogP) is 2.42. The summed E-state index contributed by atoms with van der Waals surface area (Å²) in [5.74, 6) is -0.726. The molecule has 0 aliphatic heterocycles. The van der Waals surface area contributed by atoms with E-state index < -0.39 is 5.41 Å². The molecular weight excluding hydrogens is 278 g/mol. The van der Waals surface area contributed by atoms with E-state index in [0.717, 1.165) is 5.56 Å². The fourth-order valence-electron chi connectivity index (χ4n) is 1.96. The van der Waals surface area contributed by atoms with Crippen LogP contribution in [0.25, 0.3) is 0 Å². The Labute approximate surface area is 122 Å². The van der Waals surface area contributed by atoms with E-state index in [0.29, 0.717) is 12.8 Å². The zero-order valence-corrected chi connectivity index (χ0v) is 12.4. The van der Waals surface area contributed by atoms with Gasteiger partial charge in [0.05, 0.1) is 25.7 Å². The summed E-state index contributed by atoms with van der Waals surface area (Å²) in [6.07, 6.45) is 0.927. The SMILES string of the molecule is COC(=O)CCC(C#N)(CCC(=O)OC)c1ccsc1. The van der Waals surface area contributed by atoms with E-state index in [2.05, 4.69) is 15.5 Å². The maximum absolute atomic E-state index is 11.3. The van der Waals surface area contributed by atoms with Gasteiger partial charge in [-0.15, -0.1) is 0 Å². The lowest BCUT2D eigenvalue weighted by Crippen LogP contribution is -2.26. The quantitative estimate of drug-likeness (QED) is 0.722. The second-order valence-electron chi connectivity index (χ2n) is 4.36. The van der Waals surface area contributed by atoms with Crippen LogP contribution in [-0.4, -0.2) is 26.2 Å². The van der Waals surface area contributed by atoms with Gasteiger partial charge in [-0.05, 0) is 35.2 Å². The molecule has 1 aromatic heterocycles. The Balaban J connectivity index is 2.89. The average molecular weight is 295 g/mol. The smallest absolute Gasteiger partial charge is 0.305 e. The van der Waals surface area contributed by atoms with Crippen LogP contribution in [0.1, 0.15) is 31.2 Å². The van der Waals surface area contributed by atoms with Crippen molar-refractivity contribution in [1.29, 1.82) is 5.26 Å². The molecule has 1 heterocycles. The van der Waals surface area contributed by atoms with Crippen LogP contribution in [0.5, 0.6) is 0 Å². The van der Waals surface area contributed by atoms with Gasteiger partial charge in [-0.1, -0.05) is 0 Å². The summed E-state index contributed by atoms with van der Waals surface area (Å²) in [5.41, 5.74) is -0.0274. The molecule has 0 aliphatic carbocycles. The van der Waals surface area contributed by atoms with Crippen molar-refractivity contribution < 1.29 is 19.1 Å². The first-order valence-corrected chi connectivity index (χ1v) is 7.10. The van der Waals surface area contributed by atoms with Gasteiger partial charge in [0.1, 0.15) is 0 Å². The number of nitrogens with zero attached hydrogens (tertiary/aromatic N) is 1. The Morgan fingerprint density at radius 1 is 1.25 bits per heavy atom. The first-order chi connectivity index (χ1) is 9.57. The topological polar surface area (TPSA) is 76.4 Å². The van der Waals surface area contributed by atoms with E-state index in [1.165, 1.54) is 25.6 Å². The molecule has 1 rings (SSSR count). The molecule has 1 aromatic rings. The highest BCUT2D eigenvalue weighted by molar-refractivity contribution is 7.08. The van der Waals surface area contributed by atoms with Crippen LogP contribution in [0.4, 0.5) is 0 Å². The molecule has 0 amide bonds. The monoisotopic (exact) mass is 295 g/mol. The highest BCUT2D eigenvalue weighted by Crippen LogP contribution is 2.35. The normalized spacial score (nSPS) is 10.7. The minimum Gasteiger partial charge on any atom is -0.469 e. The highest BCUT2D eigenvalue weighted by atomic mass is 32.1. The van der Waals surface area contributed by atoms with Crippen molar-refractivity contribution in [3.8, 4) is 6.07 Å². The zero-order chi connectivity index (χ0) is 15.0. The molecule has 20 heavy (non-hydrogen) atoms. The van der Waals surface area contributed by atoms with E-state index in [1.807, 2.05) is 16.8 Å². The fourth-order valence-corrected chi connectivity index (χ4v) is 2.72. The van der Waals surface area contributed by atoms with Crippen LogP contribution in [0.15, 0.2) is 16.8 Å². The van der Waals surface area contributed by atoms with Crippen molar-refractivity contribution in [2.45, 2.75) is 31.1 Å². The summed E-state index contributed by atoms with van der Waals surface area (Å²) in [6.45, 7) is 0. The number of methoxy groups -OCH3 is 2. The van der Waals surface area contributed by atoms with Crippen molar-refractivity contribution in [2.75, 3.05) is 14.2 Å². The van der Waals surface area contributed by atoms with Gasteiger partial charge in [0.25, 0.3) is 0 Å². The van der Waals surface area contributed by atoms with Crippen LogP contribution >= 0.6 is 11.3 Å². The van der Waals surface area contributed by atoms with Gasteiger partial charge in [0, 0.05) is 12.8 Å². The van der Waals surface area contributed by atoms with Gasteiger partial charge in [-0.2, -0.15) is 16.6 Å². The van der Waals surface area contributed by atoms with Crippen molar-refractivity contribution in [2.24, 2.45) is 0 Å². The fraction of sp³-hybridized carbons (Fsp3) is 0.500. The summed E-state index contributed by atoms with van der Waals surface area (Å²) < 4.78 is 9.23. The van der Waals surface area contributed by atoms with Gasteiger partial charge in [-0.25, -0.2) is 0 Å². The molecule has 0 saturated carbocycles. The number of nitriles is 1. The Kier molecular flexibility index (Phi) is 6.19. The average Bonchev–Trinajstić information content (AvgIpc) is 3.02. The summed E-state index contributed by atoms with van der Waals surface area (Å²) in [5, 5.41) is 13.3. The molecule has 108 valence electrons. The maximum Gasteiger partial charge on any atom is 0.305 e. The lowest BCUT2D eigenvalue weighted by molar-refractivity contribution is -0.141. The number of ether oxygens (including phenoxy) is 2. The summed E-state index contributed by atoms with van der Waals surface area (Å²) >= 11 is 1.48. The van der Waals surface area contributed by atoms with Crippen molar-refractivity contribution in [1.82, 2.24) is 0 Å². The Bertz CT molecular complexity index is 470. The highest BCUT2D eigenvalue weighted by Gasteiger charge is 2.34. The Morgan fingerprint density at radius 3 is 2.15 bits per heavy atom. The molecule has 0 fully saturated rings. The molecule has 0 unspecified atom stereocenters. The third kappa shape index (κ3) is 4.07. The molecule has 0 saturated heterocycles. The van der Waals surface area contributed by atoms with E-state index in [9.17, 15) is 14.9 Å². The van der Waals surface area contributed by atoms with Crippen molar-refractivity contribution >= 4 is 23.3 Å². The van der Waals surface area contributed by atoms with E-state index in [4.69, 9.17) is 0 Å². The maximum atomic E-state index is 11.3. The van der Waals surface area contributed by atoms with Crippen molar-refractivity contribution in [3.05, 3.63) is 22.4 Å². The number of carbonyl (C=O) groups is 2. The number of thiophene rings is 1. The number of esters is 2. The molecule has 5 nitrogen and oxygen atoms in total. The second-order valence-corrected chi connectivity index (χ2v) is 5.14. The molecular formula is C14H17NO4S. The van der Waals surface area contributed by atoms with Crippen LogP contribution in [0.3, 0.4) is 0 Å². The Morgan fingerprint density at radius 2 is 1.80 bits per heavy atom. The number of hydrogen-bond donors (Lipinski definition) is 0.